The van der Waals surface area contributed by atoms with Gasteiger partial charge in [0, 0.05) is 29.1 Å². The molecule has 0 amide bonds. The molecule has 5 nitrogen and oxygen atoms in total. The monoisotopic (exact) mass is 386 g/mol. The maximum Gasteiger partial charge on any atom is 0.211 e. The third kappa shape index (κ3) is 4.70. The number of nitrogens with one attached hydrogen (secondary N) is 2. The Morgan fingerprint density at radius 3 is 2.56 bits per heavy atom. The summed E-state index contributed by atoms with van der Waals surface area (Å²) in [7, 11) is -1.72. The third-order valence-electron chi connectivity index (χ3n) is 4.85. The molecule has 3 rings (SSSR count). The van der Waals surface area contributed by atoms with E-state index in [9.17, 15) is 8.42 Å². The van der Waals surface area contributed by atoms with Gasteiger partial charge < -0.3 is 9.72 Å². The summed E-state index contributed by atoms with van der Waals surface area (Å²) in [6.45, 7) is 4.40. The van der Waals surface area contributed by atoms with Crippen molar-refractivity contribution in [1.29, 1.82) is 0 Å². The molecule has 0 atom stereocenters. The highest BCUT2D eigenvalue weighted by Gasteiger charge is 2.26. The second-order valence-corrected chi connectivity index (χ2v) is 9.30. The molecule has 0 saturated carbocycles. The zero-order valence-corrected chi connectivity index (χ0v) is 16.8. The van der Waals surface area contributed by atoms with E-state index < -0.39 is 10.0 Å². The molecule has 0 aliphatic rings. The van der Waals surface area contributed by atoms with Crippen LogP contribution in [0.25, 0.3) is 10.9 Å². The number of rotatable bonds is 8. The predicted octanol–water partition coefficient (Wildman–Crippen LogP) is 3.62. The van der Waals surface area contributed by atoms with Crippen molar-refractivity contribution in [2.75, 3.05) is 19.4 Å². The van der Waals surface area contributed by atoms with Crippen LogP contribution in [-0.4, -0.2) is 32.8 Å². The molecule has 0 unspecified atom stereocenters. The van der Waals surface area contributed by atoms with E-state index in [1.54, 1.807) is 7.11 Å². The van der Waals surface area contributed by atoms with Crippen molar-refractivity contribution in [1.82, 2.24) is 9.71 Å². The molecule has 0 aliphatic carbocycles. The Hall–Kier alpha value is -2.31. The number of hydrogen-bond donors (Lipinski definition) is 2. The number of methoxy groups -OCH3 is 1. The average molecular weight is 387 g/mol. The largest absolute Gasteiger partial charge is 0.497 e. The zero-order valence-electron chi connectivity index (χ0n) is 16.0. The maximum absolute atomic E-state index is 12.4. The highest BCUT2D eigenvalue weighted by Crippen LogP contribution is 2.32. The van der Waals surface area contributed by atoms with Gasteiger partial charge in [-0.1, -0.05) is 44.2 Å². The molecule has 3 aromatic rings. The normalized spacial score (nSPS) is 12.4. The van der Waals surface area contributed by atoms with Crippen LogP contribution in [0.1, 0.15) is 25.0 Å². The first-order chi connectivity index (χ1) is 12.8. The average Bonchev–Trinajstić information content (AvgIpc) is 3.10. The summed E-state index contributed by atoms with van der Waals surface area (Å²) in [6, 6.07) is 15.5. The second-order valence-electron chi connectivity index (χ2n) is 7.37. The molecular weight excluding hydrogens is 360 g/mol. The molecule has 0 radical (unpaired) electrons. The van der Waals surface area contributed by atoms with Crippen LogP contribution >= 0.6 is 0 Å². The molecule has 0 bridgehead atoms. The minimum atomic E-state index is -3.36. The SMILES string of the molecule is COc1ccc2[nH]cc(C(C)(C)CNS(=O)(=O)CCc3ccccc3)c2c1. The molecule has 1 heterocycles. The molecule has 144 valence electrons. The summed E-state index contributed by atoms with van der Waals surface area (Å²) in [5, 5.41) is 1.04. The fraction of sp³-hybridized carbons (Fsp3) is 0.333. The summed E-state index contributed by atoms with van der Waals surface area (Å²) >= 11 is 0. The molecular formula is C21H26N2O3S. The standard InChI is InChI=1S/C21H26N2O3S/c1-21(2,19-14-22-20-10-9-17(26-3)13-18(19)20)15-23-27(24,25)12-11-16-7-5-4-6-8-16/h4-10,13-14,22-23H,11-12,15H2,1-3H3. The van der Waals surface area contributed by atoms with Crippen molar-refractivity contribution < 1.29 is 13.2 Å². The molecule has 0 fully saturated rings. The number of H-pyrrole nitrogens is 1. The molecule has 6 heteroatoms. The van der Waals surface area contributed by atoms with E-state index in [1.165, 1.54) is 0 Å². The Labute approximate surface area is 160 Å². The minimum Gasteiger partial charge on any atom is -0.497 e. The first kappa shape index (κ1) is 19.5. The molecule has 0 aliphatic heterocycles. The van der Waals surface area contributed by atoms with Gasteiger partial charge in [-0.25, -0.2) is 13.1 Å². The Kier molecular flexibility index (Phi) is 5.58. The summed E-state index contributed by atoms with van der Waals surface area (Å²) in [4.78, 5) is 3.26. The van der Waals surface area contributed by atoms with Gasteiger partial charge in [0.05, 0.1) is 12.9 Å². The predicted molar refractivity (Wildman–Crippen MR) is 110 cm³/mol. The van der Waals surface area contributed by atoms with Crippen molar-refractivity contribution in [3.63, 3.8) is 0 Å². The van der Waals surface area contributed by atoms with Gasteiger partial charge in [0.25, 0.3) is 0 Å². The summed E-state index contributed by atoms with van der Waals surface area (Å²) in [6.07, 6.45) is 2.45. The number of aromatic amines is 1. The second kappa shape index (κ2) is 7.74. The van der Waals surface area contributed by atoms with Crippen molar-refractivity contribution in [3.05, 3.63) is 65.9 Å². The first-order valence-electron chi connectivity index (χ1n) is 8.98. The molecule has 0 saturated heterocycles. The quantitative estimate of drug-likeness (QED) is 0.621. The maximum atomic E-state index is 12.4. The van der Waals surface area contributed by atoms with Gasteiger partial charge in [-0.3, -0.25) is 0 Å². The van der Waals surface area contributed by atoms with Crippen LogP contribution in [0.15, 0.2) is 54.7 Å². The van der Waals surface area contributed by atoms with E-state index in [0.717, 1.165) is 27.8 Å². The van der Waals surface area contributed by atoms with E-state index in [-0.39, 0.29) is 11.2 Å². The Morgan fingerprint density at radius 1 is 1.11 bits per heavy atom. The van der Waals surface area contributed by atoms with Crippen LogP contribution in [0.3, 0.4) is 0 Å². The first-order valence-corrected chi connectivity index (χ1v) is 10.6. The molecule has 2 aromatic carbocycles. The van der Waals surface area contributed by atoms with Gasteiger partial charge in [0.2, 0.25) is 10.0 Å². The third-order valence-corrected chi connectivity index (χ3v) is 6.18. The lowest BCUT2D eigenvalue weighted by Gasteiger charge is -2.25. The van der Waals surface area contributed by atoms with Gasteiger partial charge in [0.1, 0.15) is 5.75 Å². The lowest BCUT2D eigenvalue weighted by Crippen LogP contribution is -2.38. The smallest absolute Gasteiger partial charge is 0.211 e. The Bertz CT molecular complexity index is 1010. The number of hydrogen-bond acceptors (Lipinski definition) is 3. The van der Waals surface area contributed by atoms with Crippen LogP contribution < -0.4 is 9.46 Å². The summed E-state index contributed by atoms with van der Waals surface area (Å²) < 4.78 is 33.0. The van der Waals surface area contributed by atoms with E-state index in [4.69, 9.17) is 4.74 Å². The fourth-order valence-electron chi connectivity index (χ4n) is 3.14. The molecule has 1 aromatic heterocycles. The van der Waals surface area contributed by atoms with Crippen LogP contribution in [0.5, 0.6) is 5.75 Å². The Morgan fingerprint density at radius 2 is 1.85 bits per heavy atom. The van der Waals surface area contributed by atoms with E-state index in [2.05, 4.69) is 9.71 Å². The minimum absolute atomic E-state index is 0.0782. The Balaban J connectivity index is 1.70. The van der Waals surface area contributed by atoms with Crippen LogP contribution in [-0.2, 0) is 21.9 Å². The molecule has 27 heavy (non-hydrogen) atoms. The van der Waals surface area contributed by atoms with E-state index in [1.807, 2.05) is 68.6 Å². The lowest BCUT2D eigenvalue weighted by molar-refractivity contribution is 0.415. The number of aromatic nitrogens is 1. The van der Waals surface area contributed by atoms with Crippen molar-refractivity contribution >= 4 is 20.9 Å². The van der Waals surface area contributed by atoms with Gasteiger partial charge in [0.15, 0.2) is 0 Å². The van der Waals surface area contributed by atoms with Crippen LogP contribution in [0, 0.1) is 0 Å². The number of ether oxygens (including phenoxy) is 1. The van der Waals surface area contributed by atoms with Crippen LogP contribution in [0.2, 0.25) is 0 Å². The summed E-state index contributed by atoms with van der Waals surface area (Å²) in [5.41, 5.74) is 2.71. The molecule has 0 spiro atoms. The highest BCUT2D eigenvalue weighted by molar-refractivity contribution is 7.89. The van der Waals surface area contributed by atoms with Gasteiger partial charge in [-0.05, 0) is 35.7 Å². The van der Waals surface area contributed by atoms with Crippen molar-refractivity contribution in [2.45, 2.75) is 25.7 Å². The highest BCUT2D eigenvalue weighted by atomic mass is 32.2. The topological polar surface area (TPSA) is 71.2 Å². The van der Waals surface area contributed by atoms with Gasteiger partial charge in [-0.2, -0.15) is 0 Å². The lowest BCUT2D eigenvalue weighted by atomic mass is 9.84. The fourth-order valence-corrected chi connectivity index (χ4v) is 4.37. The van der Waals surface area contributed by atoms with Gasteiger partial charge in [-0.15, -0.1) is 0 Å². The zero-order chi connectivity index (χ0) is 19.5. The summed E-state index contributed by atoms with van der Waals surface area (Å²) in [5.74, 6) is 0.858. The number of benzene rings is 2. The number of aryl methyl sites for hydroxylation is 1. The number of sulfonamides is 1. The van der Waals surface area contributed by atoms with Crippen molar-refractivity contribution in [2.24, 2.45) is 0 Å². The van der Waals surface area contributed by atoms with Gasteiger partial charge >= 0.3 is 0 Å². The van der Waals surface area contributed by atoms with E-state index in [0.29, 0.717) is 13.0 Å². The van der Waals surface area contributed by atoms with E-state index >= 15 is 0 Å². The number of fused-ring (bicyclic) bond motifs is 1. The molecule has 2 N–H and O–H groups in total. The van der Waals surface area contributed by atoms with Crippen LogP contribution in [0.4, 0.5) is 0 Å². The van der Waals surface area contributed by atoms with Crippen molar-refractivity contribution in [3.8, 4) is 5.75 Å².